The second kappa shape index (κ2) is 8.82. The van der Waals surface area contributed by atoms with E-state index in [2.05, 4.69) is 5.32 Å². The molecule has 172 valence electrons. The van der Waals surface area contributed by atoms with Crippen molar-refractivity contribution in [3.63, 3.8) is 0 Å². The van der Waals surface area contributed by atoms with Gasteiger partial charge in [0.25, 0.3) is 11.8 Å². The van der Waals surface area contributed by atoms with Crippen LogP contribution in [0.2, 0.25) is 0 Å². The van der Waals surface area contributed by atoms with Gasteiger partial charge in [-0.2, -0.15) is 0 Å². The van der Waals surface area contributed by atoms with Crippen molar-refractivity contribution in [1.82, 2.24) is 0 Å². The van der Waals surface area contributed by atoms with Gasteiger partial charge >= 0.3 is 0 Å². The van der Waals surface area contributed by atoms with Crippen LogP contribution in [0, 0.1) is 0 Å². The minimum absolute atomic E-state index is 0.137. The molecule has 0 unspecified atom stereocenters. The van der Waals surface area contributed by atoms with E-state index in [-0.39, 0.29) is 11.3 Å². The lowest BCUT2D eigenvalue weighted by molar-refractivity contribution is -0.120. The molecule has 2 aliphatic heterocycles. The van der Waals surface area contributed by atoms with Crippen LogP contribution in [0.25, 0.3) is 5.57 Å². The number of imide groups is 1. The Hall–Kier alpha value is -4.46. The minimum atomic E-state index is -0.495. The lowest BCUT2D eigenvalue weighted by Gasteiger charge is -2.21. The van der Waals surface area contributed by atoms with Crippen molar-refractivity contribution in [1.29, 1.82) is 0 Å². The number of hydrogen-bond donors (Lipinski definition) is 1. The van der Waals surface area contributed by atoms with Gasteiger partial charge in [0.15, 0.2) is 11.5 Å². The first kappa shape index (κ1) is 21.4. The molecule has 5 rings (SSSR count). The molecule has 0 saturated heterocycles. The van der Waals surface area contributed by atoms with E-state index in [1.54, 1.807) is 55.6 Å². The van der Waals surface area contributed by atoms with Gasteiger partial charge < -0.3 is 24.3 Å². The highest BCUT2D eigenvalue weighted by molar-refractivity contribution is 6.46. The number of anilines is 2. The first-order chi connectivity index (χ1) is 16.6. The first-order valence-corrected chi connectivity index (χ1v) is 10.7. The predicted octanol–water partition coefficient (Wildman–Crippen LogP) is 3.87. The predicted molar refractivity (Wildman–Crippen MR) is 126 cm³/mol. The molecular formula is C26H22N2O6. The summed E-state index contributed by atoms with van der Waals surface area (Å²) in [7, 11) is 3.08. The molecule has 3 aromatic carbocycles. The molecule has 2 heterocycles. The monoisotopic (exact) mass is 458 g/mol. The molecule has 0 aromatic heterocycles. The van der Waals surface area contributed by atoms with Crippen molar-refractivity contribution in [2.24, 2.45) is 0 Å². The molecule has 0 atom stereocenters. The van der Waals surface area contributed by atoms with E-state index < -0.39 is 11.8 Å². The molecule has 1 N–H and O–H groups in total. The number of nitrogens with one attached hydrogen (secondary N) is 1. The number of ether oxygens (including phenoxy) is 4. The molecule has 8 heteroatoms. The summed E-state index contributed by atoms with van der Waals surface area (Å²) in [6.45, 7) is 0.846. The third-order valence-electron chi connectivity index (χ3n) is 5.60. The third-order valence-corrected chi connectivity index (χ3v) is 5.60. The van der Waals surface area contributed by atoms with Gasteiger partial charge in [0.2, 0.25) is 0 Å². The Morgan fingerprint density at radius 1 is 0.824 bits per heavy atom. The molecule has 0 radical (unpaired) electrons. The van der Waals surface area contributed by atoms with Gasteiger partial charge in [-0.25, -0.2) is 4.90 Å². The molecule has 0 fully saturated rings. The normalized spacial score (nSPS) is 14.9. The van der Waals surface area contributed by atoms with E-state index in [9.17, 15) is 9.59 Å². The molecule has 0 spiro atoms. The number of nitrogens with zero attached hydrogens (tertiary/aromatic N) is 1. The summed E-state index contributed by atoms with van der Waals surface area (Å²) < 4.78 is 22.0. The fourth-order valence-corrected chi connectivity index (χ4v) is 3.97. The van der Waals surface area contributed by atoms with E-state index >= 15 is 0 Å². The number of amides is 2. The Morgan fingerprint density at radius 2 is 1.59 bits per heavy atom. The van der Waals surface area contributed by atoms with E-state index in [1.165, 1.54) is 7.11 Å². The Morgan fingerprint density at radius 3 is 2.32 bits per heavy atom. The quantitative estimate of drug-likeness (QED) is 0.561. The number of carbonyl (C=O) groups excluding carboxylic acids is 2. The van der Waals surface area contributed by atoms with Gasteiger partial charge in [-0.1, -0.05) is 30.3 Å². The number of fused-ring (bicyclic) bond motifs is 1. The van der Waals surface area contributed by atoms with Gasteiger partial charge in [-0.05, 0) is 29.8 Å². The summed E-state index contributed by atoms with van der Waals surface area (Å²) in [5, 5.41) is 3.13. The molecule has 3 aromatic rings. The van der Waals surface area contributed by atoms with E-state index in [0.29, 0.717) is 53.2 Å². The lowest BCUT2D eigenvalue weighted by atomic mass is 10.0. The molecule has 34 heavy (non-hydrogen) atoms. The van der Waals surface area contributed by atoms with Crippen molar-refractivity contribution in [2.45, 2.75) is 0 Å². The van der Waals surface area contributed by atoms with Crippen molar-refractivity contribution < 1.29 is 28.5 Å². The Labute approximate surface area is 196 Å². The van der Waals surface area contributed by atoms with Crippen LogP contribution in [0.4, 0.5) is 11.4 Å². The molecule has 2 amide bonds. The maximum Gasteiger partial charge on any atom is 0.282 e. The largest absolute Gasteiger partial charge is 0.497 e. The minimum Gasteiger partial charge on any atom is -0.497 e. The SMILES string of the molecule is COc1ccc(OC)c(NC2=C(c3ccccc3)C(=O)N(c3ccc4c(c3)OCCO4)C2=O)c1. The van der Waals surface area contributed by atoms with Crippen LogP contribution in [0.3, 0.4) is 0 Å². The van der Waals surface area contributed by atoms with E-state index in [1.807, 2.05) is 18.2 Å². The van der Waals surface area contributed by atoms with Crippen LogP contribution in [0.5, 0.6) is 23.0 Å². The topological polar surface area (TPSA) is 86.3 Å². The van der Waals surface area contributed by atoms with Crippen molar-refractivity contribution in [3.8, 4) is 23.0 Å². The molecular weight excluding hydrogens is 436 g/mol. The average molecular weight is 458 g/mol. The maximum absolute atomic E-state index is 13.7. The number of carbonyl (C=O) groups is 2. The van der Waals surface area contributed by atoms with Crippen molar-refractivity contribution in [2.75, 3.05) is 37.7 Å². The van der Waals surface area contributed by atoms with Crippen molar-refractivity contribution in [3.05, 3.63) is 78.0 Å². The summed E-state index contributed by atoms with van der Waals surface area (Å²) in [5.74, 6) is 1.19. The highest BCUT2D eigenvalue weighted by atomic mass is 16.6. The standard InChI is InChI=1S/C26H22N2O6/c1-31-18-9-11-20(32-2)19(15-18)27-24-23(16-6-4-3-5-7-16)25(29)28(26(24)30)17-8-10-21-22(14-17)34-13-12-33-21/h3-11,14-15,27H,12-13H2,1-2H3. The van der Waals surface area contributed by atoms with Crippen LogP contribution in [-0.4, -0.2) is 39.2 Å². The van der Waals surface area contributed by atoms with E-state index in [0.717, 1.165) is 4.90 Å². The highest BCUT2D eigenvalue weighted by Crippen LogP contribution is 2.40. The summed E-state index contributed by atoms with van der Waals surface area (Å²) in [6, 6.07) is 19.3. The van der Waals surface area contributed by atoms with Gasteiger partial charge in [-0.15, -0.1) is 0 Å². The number of rotatable bonds is 6. The van der Waals surface area contributed by atoms with Crippen LogP contribution >= 0.6 is 0 Å². The first-order valence-electron chi connectivity index (χ1n) is 10.7. The zero-order valence-corrected chi connectivity index (χ0v) is 18.7. The second-order valence-corrected chi connectivity index (χ2v) is 7.58. The smallest absolute Gasteiger partial charge is 0.282 e. The van der Waals surface area contributed by atoms with Gasteiger partial charge in [0.1, 0.15) is 30.4 Å². The second-order valence-electron chi connectivity index (χ2n) is 7.58. The number of benzene rings is 3. The van der Waals surface area contributed by atoms with Gasteiger partial charge in [0, 0.05) is 12.1 Å². The van der Waals surface area contributed by atoms with Crippen LogP contribution in [0.15, 0.2) is 72.4 Å². The summed E-state index contributed by atoms with van der Waals surface area (Å²) in [5.41, 5.74) is 1.89. The van der Waals surface area contributed by atoms with Crippen molar-refractivity contribution >= 4 is 28.8 Å². The van der Waals surface area contributed by atoms with E-state index in [4.69, 9.17) is 18.9 Å². The van der Waals surface area contributed by atoms with Gasteiger partial charge in [0.05, 0.1) is 31.2 Å². The number of methoxy groups -OCH3 is 2. The molecule has 8 nitrogen and oxygen atoms in total. The highest BCUT2D eigenvalue weighted by Gasteiger charge is 2.41. The molecule has 0 bridgehead atoms. The third kappa shape index (κ3) is 3.69. The maximum atomic E-state index is 13.7. The summed E-state index contributed by atoms with van der Waals surface area (Å²) >= 11 is 0. The zero-order chi connectivity index (χ0) is 23.7. The van der Waals surface area contributed by atoms with Gasteiger partial charge in [-0.3, -0.25) is 9.59 Å². The Bertz CT molecular complexity index is 1300. The fraction of sp³-hybridized carbons (Fsp3) is 0.154. The number of hydrogen-bond acceptors (Lipinski definition) is 7. The molecule has 2 aliphatic rings. The Kier molecular flexibility index (Phi) is 5.55. The molecule has 0 saturated carbocycles. The summed E-state index contributed by atoms with van der Waals surface area (Å²) in [6.07, 6.45) is 0. The van der Waals surface area contributed by atoms with Crippen LogP contribution in [-0.2, 0) is 9.59 Å². The average Bonchev–Trinajstić information content (AvgIpc) is 3.13. The fourth-order valence-electron chi connectivity index (χ4n) is 3.97. The van der Waals surface area contributed by atoms with Crippen LogP contribution in [0.1, 0.15) is 5.56 Å². The Balaban J connectivity index is 1.60. The van der Waals surface area contributed by atoms with Crippen LogP contribution < -0.4 is 29.2 Å². The zero-order valence-electron chi connectivity index (χ0n) is 18.7. The lowest BCUT2D eigenvalue weighted by Crippen LogP contribution is -2.32. The summed E-state index contributed by atoms with van der Waals surface area (Å²) in [4.78, 5) is 28.4. The molecule has 0 aliphatic carbocycles.